The third-order valence-electron chi connectivity index (χ3n) is 3.02. The van der Waals surface area contributed by atoms with E-state index in [0.29, 0.717) is 12.8 Å². The molecule has 4 N–H and O–H groups in total. The number of amides is 1. The van der Waals surface area contributed by atoms with Gasteiger partial charge in [-0.3, -0.25) is 4.79 Å². The molecular weight excluding hydrogens is 180 g/mol. The molecule has 0 aromatic carbocycles. The van der Waals surface area contributed by atoms with Crippen LogP contribution in [0.1, 0.15) is 33.1 Å². The van der Waals surface area contributed by atoms with E-state index in [1.54, 1.807) is 0 Å². The number of nitrogens with one attached hydrogen (secondary N) is 1. The molecule has 82 valence electrons. The zero-order chi connectivity index (χ0) is 10.7. The first-order valence-electron chi connectivity index (χ1n) is 5.28. The molecule has 1 amide bonds. The molecule has 0 aliphatic heterocycles. The number of carbonyl (C=O) groups excluding carboxylic acids is 1. The van der Waals surface area contributed by atoms with Crippen LogP contribution in [0, 0.1) is 5.92 Å². The topological polar surface area (TPSA) is 75.4 Å². The number of carbonyl (C=O) groups is 1. The quantitative estimate of drug-likeness (QED) is 0.598. The minimum Gasteiger partial charge on any atom is -0.393 e. The molecule has 0 spiro atoms. The van der Waals surface area contributed by atoms with E-state index in [-0.39, 0.29) is 24.0 Å². The Balaban J connectivity index is 2.27. The standard InChI is InChI=1S/C10H20N2O2/c1-3-6(2)9(11)10(14)12-7-4-8(13)5-7/h6-9,13H,3-5,11H2,1-2H3,(H,12,14)/t6?,7?,8?,9-/m0/s1. The fraction of sp³-hybridized carbons (Fsp3) is 0.900. The van der Waals surface area contributed by atoms with E-state index in [0.717, 1.165) is 6.42 Å². The number of rotatable bonds is 4. The minimum atomic E-state index is -0.419. The fourth-order valence-corrected chi connectivity index (χ4v) is 1.52. The Labute approximate surface area is 84.9 Å². The lowest BCUT2D eigenvalue weighted by atomic mass is 9.89. The van der Waals surface area contributed by atoms with E-state index in [9.17, 15) is 4.79 Å². The summed E-state index contributed by atoms with van der Waals surface area (Å²) in [5, 5.41) is 11.9. The number of aliphatic hydroxyl groups excluding tert-OH is 1. The van der Waals surface area contributed by atoms with Crippen molar-refractivity contribution in [2.24, 2.45) is 11.7 Å². The Bertz CT molecular complexity index is 202. The van der Waals surface area contributed by atoms with Gasteiger partial charge in [-0.05, 0) is 18.8 Å². The summed E-state index contributed by atoms with van der Waals surface area (Å²) < 4.78 is 0. The van der Waals surface area contributed by atoms with Crippen LogP contribution in [0.4, 0.5) is 0 Å². The predicted octanol–water partition coefficient (Wildman–Crippen LogP) is -0.000700. The maximum absolute atomic E-state index is 11.5. The molecule has 1 fully saturated rings. The van der Waals surface area contributed by atoms with Crippen LogP contribution >= 0.6 is 0 Å². The molecule has 1 unspecified atom stereocenters. The van der Waals surface area contributed by atoms with Crippen molar-refractivity contribution in [1.29, 1.82) is 0 Å². The molecule has 0 radical (unpaired) electrons. The van der Waals surface area contributed by atoms with Crippen LogP contribution in [0.25, 0.3) is 0 Å². The van der Waals surface area contributed by atoms with Crippen molar-refractivity contribution >= 4 is 5.91 Å². The summed E-state index contributed by atoms with van der Waals surface area (Å²) in [6.07, 6.45) is 2.00. The third kappa shape index (κ3) is 2.69. The van der Waals surface area contributed by atoms with Gasteiger partial charge >= 0.3 is 0 Å². The molecule has 0 aromatic heterocycles. The molecule has 1 saturated carbocycles. The first kappa shape index (κ1) is 11.5. The van der Waals surface area contributed by atoms with Crippen LogP contribution in [-0.4, -0.2) is 29.2 Å². The van der Waals surface area contributed by atoms with Gasteiger partial charge in [-0.1, -0.05) is 20.3 Å². The van der Waals surface area contributed by atoms with Gasteiger partial charge in [0.15, 0.2) is 0 Å². The van der Waals surface area contributed by atoms with Crippen molar-refractivity contribution in [2.75, 3.05) is 0 Å². The van der Waals surface area contributed by atoms with Crippen molar-refractivity contribution in [2.45, 2.75) is 51.3 Å². The Morgan fingerprint density at radius 1 is 1.64 bits per heavy atom. The second kappa shape index (κ2) is 4.75. The van der Waals surface area contributed by atoms with Gasteiger partial charge in [-0.2, -0.15) is 0 Å². The third-order valence-corrected chi connectivity index (χ3v) is 3.02. The summed E-state index contributed by atoms with van der Waals surface area (Å²) in [5.74, 6) is 0.122. The Morgan fingerprint density at radius 3 is 2.64 bits per heavy atom. The largest absolute Gasteiger partial charge is 0.393 e. The van der Waals surface area contributed by atoms with Crippen LogP contribution in [0.15, 0.2) is 0 Å². The lowest BCUT2D eigenvalue weighted by Crippen LogP contribution is -2.53. The van der Waals surface area contributed by atoms with E-state index in [1.807, 2.05) is 13.8 Å². The normalized spacial score (nSPS) is 30.3. The molecule has 1 aliphatic carbocycles. The highest BCUT2D eigenvalue weighted by atomic mass is 16.3. The molecular formula is C10H20N2O2. The van der Waals surface area contributed by atoms with Gasteiger partial charge in [0.05, 0.1) is 12.1 Å². The average molecular weight is 200 g/mol. The molecule has 0 bridgehead atoms. The second-order valence-electron chi connectivity index (χ2n) is 4.24. The van der Waals surface area contributed by atoms with Crippen LogP contribution < -0.4 is 11.1 Å². The average Bonchev–Trinajstić information content (AvgIpc) is 2.12. The van der Waals surface area contributed by atoms with Crippen LogP contribution in [0.3, 0.4) is 0 Å². The van der Waals surface area contributed by atoms with E-state index in [1.165, 1.54) is 0 Å². The van der Waals surface area contributed by atoms with Gasteiger partial charge in [-0.15, -0.1) is 0 Å². The SMILES string of the molecule is CCC(C)[C@H](N)C(=O)NC1CC(O)C1. The van der Waals surface area contributed by atoms with Gasteiger partial charge < -0.3 is 16.2 Å². The predicted molar refractivity (Wildman–Crippen MR) is 54.6 cm³/mol. The van der Waals surface area contributed by atoms with Crippen molar-refractivity contribution in [3.8, 4) is 0 Å². The summed E-state index contributed by atoms with van der Waals surface area (Å²) in [4.78, 5) is 11.5. The summed E-state index contributed by atoms with van der Waals surface area (Å²) in [5.41, 5.74) is 5.76. The molecule has 0 saturated heterocycles. The summed E-state index contributed by atoms with van der Waals surface area (Å²) in [7, 11) is 0. The molecule has 4 nitrogen and oxygen atoms in total. The molecule has 1 aliphatic rings. The Hall–Kier alpha value is -0.610. The van der Waals surface area contributed by atoms with Crippen LogP contribution in [-0.2, 0) is 4.79 Å². The fourth-order valence-electron chi connectivity index (χ4n) is 1.52. The van der Waals surface area contributed by atoms with Gasteiger partial charge in [0.1, 0.15) is 0 Å². The lowest BCUT2D eigenvalue weighted by molar-refractivity contribution is -0.125. The van der Waals surface area contributed by atoms with Crippen molar-refractivity contribution < 1.29 is 9.90 Å². The first-order valence-corrected chi connectivity index (χ1v) is 5.28. The summed E-state index contributed by atoms with van der Waals surface area (Å²) in [6, 6.07) is -0.287. The van der Waals surface area contributed by atoms with Gasteiger partial charge in [0.2, 0.25) is 5.91 Å². The molecule has 4 heteroatoms. The maximum atomic E-state index is 11.5. The zero-order valence-corrected chi connectivity index (χ0v) is 8.86. The number of hydrogen-bond acceptors (Lipinski definition) is 3. The highest BCUT2D eigenvalue weighted by Gasteiger charge is 2.30. The van der Waals surface area contributed by atoms with E-state index in [4.69, 9.17) is 10.8 Å². The maximum Gasteiger partial charge on any atom is 0.237 e. The molecule has 1 rings (SSSR count). The molecule has 14 heavy (non-hydrogen) atoms. The highest BCUT2D eigenvalue weighted by molar-refractivity contribution is 5.82. The zero-order valence-electron chi connectivity index (χ0n) is 8.86. The smallest absolute Gasteiger partial charge is 0.237 e. The molecule has 0 aromatic rings. The minimum absolute atomic E-state index is 0.0868. The summed E-state index contributed by atoms with van der Waals surface area (Å²) >= 11 is 0. The number of aliphatic hydroxyl groups is 1. The molecule has 2 atom stereocenters. The van der Waals surface area contributed by atoms with Gasteiger partial charge in [0, 0.05) is 6.04 Å². The second-order valence-corrected chi connectivity index (χ2v) is 4.24. The van der Waals surface area contributed by atoms with Crippen LogP contribution in [0.2, 0.25) is 0 Å². The van der Waals surface area contributed by atoms with E-state index < -0.39 is 6.04 Å². The van der Waals surface area contributed by atoms with E-state index in [2.05, 4.69) is 5.32 Å². The number of nitrogens with two attached hydrogens (primary N) is 1. The first-order chi connectivity index (χ1) is 6.54. The van der Waals surface area contributed by atoms with Crippen LogP contribution in [0.5, 0.6) is 0 Å². The van der Waals surface area contributed by atoms with E-state index >= 15 is 0 Å². The Morgan fingerprint density at radius 2 is 2.21 bits per heavy atom. The highest BCUT2D eigenvalue weighted by Crippen LogP contribution is 2.19. The van der Waals surface area contributed by atoms with Gasteiger partial charge in [0.25, 0.3) is 0 Å². The number of hydrogen-bond donors (Lipinski definition) is 3. The van der Waals surface area contributed by atoms with Gasteiger partial charge in [-0.25, -0.2) is 0 Å². The van der Waals surface area contributed by atoms with Crippen molar-refractivity contribution in [3.63, 3.8) is 0 Å². The molecule has 0 heterocycles. The summed E-state index contributed by atoms with van der Waals surface area (Å²) in [6.45, 7) is 3.99. The Kier molecular flexibility index (Phi) is 3.89. The van der Waals surface area contributed by atoms with Crippen molar-refractivity contribution in [1.82, 2.24) is 5.32 Å². The monoisotopic (exact) mass is 200 g/mol. The van der Waals surface area contributed by atoms with Crippen molar-refractivity contribution in [3.05, 3.63) is 0 Å². The lowest BCUT2D eigenvalue weighted by Gasteiger charge is -2.33.